The van der Waals surface area contributed by atoms with Crippen LogP contribution in [-0.2, 0) is 20.9 Å². The highest BCUT2D eigenvalue weighted by Crippen LogP contribution is 2.29. The zero-order valence-electron chi connectivity index (χ0n) is 16.1. The number of benzene rings is 1. The predicted molar refractivity (Wildman–Crippen MR) is 101 cm³/mol. The molecular formula is C20H22N4O5. The minimum atomic E-state index is -0.693. The molecule has 152 valence electrons. The van der Waals surface area contributed by atoms with Gasteiger partial charge < -0.3 is 15.1 Å². The van der Waals surface area contributed by atoms with Crippen molar-refractivity contribution in [2.24, 2.45) is 0 Å². The van der Waals surface area contributed by atoms with Gasteiger partial charge in [0.15, 0.2) is 0 Å². The van der Waals surface area contributed by atoms with Crippen molar-refractivity contribution in [3.05, 3.63) is 34.9 Å². The molecular weight excluding hydrogens is 376 g/mol. The zero-order chi connectivity index (χ0) is 20.7. The van der Waals surface area contributed by atoms with Crippen molar-refractivity contribution in [1.29, 1.82) is 0 Å². The standard InChI is InChI=1S/C20H22N4O5/c1-2-14-17(26)21-7-8-23(14)19(28)11-3-4-13-12(9-11)10-24(20(13)29)15-5-6-16(25)22-18(15)27/h3-4,9,14-15H,2,5-8,10H2,1H3,(H,21,26)(H,22,25,27). The van der Waals surface area contributed by atoms with Crippen molar-refractivity contribution >= 4 is 29.5 Å². The number of nitrogens with zero attached hydrogens (tertiary/aromatic N) is 2. The molecule has 2 N–H and O–H groups in total. The van der Waals surface area contributed by atoms with Crippen molar-refractivity contribution in [1.82, 2.24) is 20.4 Å². The molecule has 0 saturated carbocycles. The molecule has 0 aromatic heterocycles. The summed E-state index contributed by atoms with van der Waals surface area (Å²) in [7, 11) is 0. The first-order valence-electron chi connectivity index (χ1n) is 9.77. The van der Waals surface area contributed by atoms with Gasteiger partial charge in [0.2, 0.25) is 17.7 Å². The van der Waals surface area contributed by atoms with E-state index in [9.17, 15) is 24.0 Å². The van der Waals surface area contributed by atoms with Crippen molar-refractivity contribution in [2.45, 2.75) is 44.8 Å². The molecule has 3 aliphatic rings. The van der Waals surface area contributed by atoms with Crippen LogP contribution >= 0.6 is 0 Å². The van der Waals surface area contributed by atoms with Crippen LogP contribution in [0.2, 0.25) is 0 Å². The van der Waals surface area contributed by atoms with Gasteiger partial charge in [-0.1, -0.05) is 6.92 Å². The average molecular weight is 398 g/mol. The van der Waals surface area contributed by atoms with Crippen molar-refractivity contribution in [3.8, 4) is 0 Å². The van der Waals surface area contributed by atoms with E-state index in [1.165, 1.54) is 4.90 Å². The van der Waals surface area contributed by atoms with Crippen LogP contribution < -0.4 is 10.6 Å². The third kappa shape index (κ3) is 3.26. The third-order valence-electron chi connectivity index (χ3n) is 5.75. The molecule has 5 amide bonds. The first-order valence-corrected chi connectivity index (χ1v) is 9.77. The number of amides is 5. The van der Waals surface area contributed by atoms with E-state index in [0.717, 1.165) is 0 Å². The van der Waals surface area contributed by atoms with Crippen LogP contribution in [0.3, 0.4) is 0 Å². The Morgan fingerprint density at radius 1 is 1.17 bits per heavy atom. The Bertz CT molecular complexity index is 927. The predicted octanol–water partition coefficient (Wildman–Crippen LogP) is -0.202. The third-order valence-corrected chi connectivity index (χ3v) is 5.75. The van der Waals surface area contributed by atoms with Crippen LogP contribution in [0.4, 0.5) is 0 Å². The number of rotatable bonds is 3. The van der Waals surface area contributed by atoms with Crippen LogP contribution in [0.15, 0.2) is 18.2 Å². The second-order valence-corrected chi connectivity index (χ2v) is 7.49. The molecule has 2 atom stereocenters. The highest BCUT2D eigenvalue weighted by molar-refractivity contribution is 6.06. The Balaban J connectivity index is 1.56. The minimum Gasteiger partial charge on any atom is -0.353 e. The van der Waals surface area contributed by atoms with E-state index in [4.69, 9.17) is 0 Å². The fraction of sp³-hybridized carbons (Fsp3) is 0.450. The van der Waals surface area contributed by atoms with E-state index in [0.29, 0.717) is 36.2 Å². The second-order valence-electron chi connectivity index (χ2n) is 7.49. The molecule has 0 spiro atoms. The van der Waals surface area contributed by atoms with E-state index in [1.54, 1.807) is 23.1 Å². The van der Waals surface area contributed by atoms with Gasteiger partial charge in [-0.05, 0) is 36.6 Å². The molecule has 1 aromatic carbocycles. The molecule has 3 heterocycles. The van der Waals surface area contributed by atoms with E-state index in [-0.39, 0.29) is 43.0 Å². The quantitative estimate of drug-likeness (QED) is 0.684. The smallest absolute Gasteiger partial charge is 0.255 e. The molecule has 0 bridgehead atoms. The fourth-order valence-electron chi connectivity index (χ4n) is 4.24. The van der Waals surface area contributed by atoms with E-state index >= 15 is 0 Å². The number of piperazine rings is 1. The summed E-state index contributed by atoms with van der Waals surface area (Å²) in [5, 5.41) is 5.04. The summed E-state index contributed by atoms with van der Waals surface area (Å²) in [6.45, 7) is 2.91. The molecule has 2 fully saturated rings. The summed E-state index contributed by atoms with van der Waals surface area (Å²) in [6.07, 6.45) is 0.997. The van der Waals surface area contributed by atoms with Crippen LogP contribution in [0, 0.1) is 0 Å². The van der Waals surface area contributed by atoms with Gasteiger partial charge in [0.1, 0.15) is 12.1 Å². The summed E-state index contributed by atoms with van der Waals surface area (Å²) < 4.78 is 0. The first kappa shape index (κ1) is 19.1. The lowest BCUT2D eigenvalue weighted by Crippen LogP contribution is -2.56. The lowest BCUT2D eigenvalue weighted by molar-refractivity contribution is -0.137. The molecule has 4 rings (SSSR count). The maximum atomic E-state index is 13.0. The number of hydrogen-bond acceptors (Lipinski definition) is 5. The summed E-state index contributed by atoms with van der Waals surface area (Å²) in [4.78, 5) is 64.4. The SMILES string of the molecule is CCC1C(=O)NCCN1C(=O)c1ccc2c(c1)CN(C1CCC(=O)NC1=O)C2=O. The van der Waals surface area contributed by atoms with Crippen LogP contribution in [-0.4, -0.2) is 64.5 Å². The Morgan fingerprint density at radius 2 is 1.97 bits per heavy atom. The summed E-state index contributed by atoms with van der Waals surface area (Å²) >= 11 is 0. The number of carbonyl (C=O) groups is 5. The van der Waals surface area contributed by atoms with Gasteiger partial charge in [-0.3, -0.25) is 29.3 Å². The Morgan fingerprint density at radius 3 is 2.69 bits per heavy atom. The van der Waals surface area contributed by atoms with E-state index in [1.807, 2.05) is 6.92 Å². The fourth-order valence-corrected chi connectivity index (χ4v) is 4.24. The molecule has 0 radical (unpaired) electrons. The van der Waals surface area contributed by atoms with Gasteiger partial charge in [-0.2, -0.15) is 0 Å². The Labute approximate surface area is 167 Å². The molecule has 3 aliphatic heterocycles. The summed E-state index contributed by atoms with van der Waals surface area (Å²) in [5.74, 6) is -1.49. The van der Waals surface area contributed by atoms with Crippen molar-refractivity contribution < 1.29 is 24.0 Å². The molecule has 2 unspecified atom stereocenters. The van der Waals surface area contributed by atoms with Gasteiger partial charge >= 0.3 is 0 Å². The highest BCUT2D eigenvalue weighted by Gasteiger charge is 2.39. The van der Waals surface area contributed by atoms with Crippen LogP contribution in [0.5, 0.6) is 0 Å². The van der Waals surface area contributed by atoms with Gasteiger partial charge in [0.25, 0.3) is 11.8 Å². The second kappa shape index (κ2) is 7.31. The van der Waals surface area contributed by atoms with Crippen LogP contribution in [0.1, 0.15) is 52.5 Å². The van der Waals surface area contributed by atoms with Gasteiger partial charge in [0, 0.05) is 37.2 Å². The molecule has 29 heavy (non-hydrogen) atoms. The molecule has 1 aromatic rings. The van der Waals surface area contributed by atoms with Crippen LogP contribution in [0.25, 0.3) is 0 Å². The van der Waals surface area contributed by atoms with E-state index < -0.39 is 18.0 Å². The first-order chi connectivity index (χ1) is 13.9. The van der Waals surface area contributed by atoms with Gasteiger partial charge in [-0.15, -0.1) is 0 Å². The largest absolute Gasteiger partial charge is 0.353 e. The average Bonchev–Trinajstić information content (AvgIpc) is 3.03. The highest BCUT2D eigenvalue weighted by atomic mass is 16.2. The molecule has 9 heteroatoms. The lowest BCUT2D eigenvalue weighted by atomic mass is 10.0. The normalized spacial score (nSPS) is 24.3. The molecule has 9 nitrogen and oxygen atoms in total. The number of hydrogen-bond donors (Lipinski definition) is 2. The molecule has 0 aliphatic carbocycles. The Hall–Kier alpha value is -3.23. The van der Waals surface area contributed by atoms with Gasteiger partial charge in [-0.25, -0.2) is 0 Å². The number of piperidine rings is 1. The number of imide groups is 1. The maximum Gasteiger partial charge on any atom is 0.255 e. The number of carbonyl (C=O) groups excluding carboxylic acids is 5. The Kier molecular flexibility index (Phi) is 4.81. The lowest BCUT2D eigenvalue weighted by Gasteiger charge is -2.34. The monoisotopic (exact) mass is 398 g/mol. The summed E-state index contributed by atoms with van der Waals surface area (Å²) in [5.41, 5.74) is 1.53. The number of fused-ring (bicyclic) bond motifs is 1. The zero-order valence-corrected chi connectivity index (χ0v) is 16.1. The van der Waals surface area contributed by atoms with Crippen molar-refractivity contribution in [3.63, 3.8) is 0 Å². The minimum absolute atomic E-state index is 0.160. The van der Waals surface area contributed by atoms with Crippen molar-refractivity contribution in [2.75, 3.05) is 13.1 Å². The summed E-state index contributed by atoms with van der Waals surface area (Å²) in [6, 6.07) is 3.66. The maximum absolute atomic E-state index is 13.0. The molecule has 2 saturated heterocycles. The topological polar surface area (TPSA) is 116 Å². The van der Waals surface area contributed by atoms with E-state index in [2.05, 4.69) is 10.6 Å². The number of nitrogens with one attached hydrogen (secondary N) is 2. The van der Waals surface area contributed by atoms with Gasteiger partial charge in [0.05, 0.1) is 0 Å².